The van der Waals surface area contributed by atoms with Crippen molar-refractivity contribution in [2.45, 2.75) is 43.0 Å². The molecule has 1 aliphatic rings. The van der Waals surface area contributed by atoms with Crippen LogP contribution in [0.1, 0.15) is 41.1 Å². The van der Waals surface area contributed by atoms with E-state index in [4.69, 9.17) is 20.9 Å². The molecule has 5 nitrogen and oxygen atoms in total. The lowest BCUT2D eigenvalue weighted by Crippen LogP contribution is -2.31. The van der Waals surface area contributed by atoms with Crippen molar-refractivity contribution in [2.75, 3.05) is 11.5 Å². The summed E-state index contributed by atoms with van der Waals surface area (Å²) in [5.41, 5.74) is 16.6. The summed E-state index contributed by atoms with van der Waals surface area (Å²) in [4.78, 5) is 1.06. The normalized spacial score (nSPS) is 21.2. The number of hydrogen-bond donors (Lipinski definition) is 3. The van der Waals surface area contributed by atoms with Crippen molar-refractivity contribution < 1.29 is 14.6 Å². The molecular formula is C25H28N2O3S. The van der Waals surface area contributed by atoms with E-state index in [1.54, 1.807) is 11.8 Å². The van der Waals surface area contributed by atoms with E-state index in [9.17, 15) is 5.11 Å². The van der Waals surface area contributed by atoms with Crippen LogP contribution in [0.3, 0.4) is 0 Å². The van der Waals surface area contributed by atoms with E-state index in [0.29, 0.717) is 6.54 Å². The molecule has 5 N–H and O–H groups in total. The minimum absolute atomic E-state index is 0.0000551. The SMILES string of the molecule is NCc1ccc(C2O[C@H](CSc3ccccc3N)C[C@H](c3ccc(CO)cc3)O2)cc1. The summed E-state index contributed by atoms with van der Waals surface area (Å²) in [5, 5.41) is 9.34. The number of rotatable bonds is 7. The fourth-order valence-corrected chi connectivity index (χ4v) is 4.62. The summed E-state index contributed by atoms with van der Waals surface area (Å²) in [7, 11) is 0. The van der Waals surface area contributed by atoms with Crippen molar-refractivity contribution in [3.8, 4) is 0 Å². The Bertz CT molecular complexity index is 923. The number of aliphatic hydroxyl groups excluding tert-OH is 1. The van der Waals surface area contributed by atoms with E-state index in [0.717, 1.165) is 45.0 Å². The Morgan fingerprint density at radius 2 is 1.55 bits per heavy atom. The molecule has 162 valence electrons. The van der Waals surface area contributed by atoms with E-state index in [2.05, 4.69) is 0 Å². The number of aliphatic hydroxyl groups is 1. The average molecular weight is 437 g/mol. The molecule has 3 atom stereocenters. The number of hydrogen-bond acceptors (Lipinski definition) is 6. The van der Waals surface area contributed by atoms with Crippen molar-refractivity contribution in [3.05, 3.63) is 95.1 Å². The van der Waals surface area contributed by atoms with Crippen LogP contribution in [-0.4, -0.2) is 17.0 Å². The zero-order valence-electron chi connectivity index (χ0n) is 17.3. The van der Waals surface area contributed by atoms with Gasteiger partial charge in [-0.2, -0.15) is 0 Å². The van der Waals surface area contributed by atoms with E-state index in [-0.39, 0.29) is 18.8 Å². The van der Waals surface area contributed by atoms with Gasteiger partial charge in [0, 0.05) is 34.9 Å². The predicted molar refractivity (Wildman–Crippen MR) is 124 cm³/mol. The van der Waals surface area contributed by atoms with Crippen molar-refractivity contribution in [2.24, 2.45) is 5.73 Å². The Kier molecular flexibility index (Phi) is 7.27. The summed E-state index contributed by atoms with van der Waals surface area (Å²) >= 11 is 1.71. The number of nitrogen functional groups attached to an aromatic ring is 1. The van der Waals surface area contributed by atoms with Gasteiger partial charge in [-0.25, -0.2) is 0 Å². The van der Waals surface area contributed by atoms with Crippen LogP contribution in [0.5, 0.6) is 0 Å². The molecule has 1 heterocycles. The third-order valence-electron chi connectivity index (χ3n) is 5.45. The molecule has 1 saturated heterocycles. The molecule has 0 bridgehead atoms. The average Bonchev–Trinajstić information content (AvgIpc) is 2.83. The highest BCUT2D eigenvalue weighted by Gasteiger charge is 2.32. The molecule has 4 rings (SSSR count). The third kappa shape index (κ3) is 5.47. The second-order valence-electron chi connectivity index (χ2n) is 7.64. The van der Waals surface area contributed by atoms with Gasteiger partial charge in [0.2, 0.25) is 0 Å². The molecule has 1 unspecified atom stereocenters. The highest BCUT2D eigenvalue weighted by atomic mass is 32.2. The first-order chi connectivity index (χ1) is 15.2. The number of anilines is 1. The molecular weight excluding hydrogens is 408 g/mol. The monoisotopic (exact) mass is 436 g/mol. The van der Waals surface area contributed by atoms with E-state index < -0.39 is 6.29 Å². The molecule has 0 spiro atoms. The summed E-state index contributed by atoms with van der Waals surface area (Å²) in [6.07, 6.45) is 0.191. The quantitative estimate of drug-likeness (QED) is 0.372. The number of nitrogens with two attached hydrogens (primary N) is 2. The van der Waals surface area contributed by atoms with Gasteiger partial charge in [0.15, 0.2) is 6.29 Å². The van der Waals surface area contributed by atoms with Gasteiger partial charge in [-0.1, -0.05) is 60.7 Å². The topological polar surface area (TPSA) is 90.7 Å². The van der Waals surface area contributed by atoms with Crippen LogP contribution in [0.15, 0.2) is 77.7 Å². The van der Waals surface area contributed by atoms with E-state index in [1.165, 1.54) is 0 Å². The van der Waals surface area contributed by atoms with Gasteiger partial charge >= 0.3 is 0 Å². The Balaban J connectivity index is 1.53. The largest absolute Gasteiger partial charge is 0.398 e. The van der Waals surface area contributed by atoms with Crippen molar-refractivity contribution in [1.29, 1.82) is 0 Å². The first-order valence-corrected chi connectivity index (χ1v) is 11.4. The van der Waals surface area contributed by atoms with Crippen molar-refractivity contribution in [3.63, 3.8) is 0 Å². The molecule has 0 aromatic heterocycles. The molecule has 3 aromatic carbocycles. The molecule has 0 radical (unpaired) electrons. The molecule has 31 heavy (non-hydrogen) atoms. The summed E-state index contributed by atoms with van der Waals surface area (Å²) in [6.45, 7) is 0.535. The molecule has 3 aromatic rings. The second kappa shape index (κ2) is 10.3. The van der Waals surface area contributed by atoms with E-state index in [1.807, 2.05) is 72.8 Å². The minimum atomic E-state index is -0.457. The fourth-order valence-electron chi connectivity index (χ4n) is 3.63. The Morgan fingerprint density at radius 3 is 2.23 bits per heavy atom. The van der Waals surface area contributed by atoms with Crippen LogP contribution in [0.4, 0.5) is 5.69 Å². The van der Waals surface area contributed by atoms with Crippen molar-refractivity contribution >= 4 is 17.4 Å². The maximum atomic E-state index is 9.34. The number of ether oxygens (including phenoxy) is 2. The standard InChI is InChI=1S/C25H28N2O3S/c26-14-17-5-11-20(12-6-17)25-29-21(16-31-24-4-2-1-3-22(24)27)13-23(30-25)19-9-7-18(15-28)8-10-19/h1-12,21,23,25,28H,13-16,26-27H2/t21-,23+,25?/m0/s1. The lowest BCUT2D eigenvalue weighted by atomic mass is 10.0. The van der Waals surface area contributed by atoms with Gasteiger partial charge in [0.1, 0.15) is 0 Å². The summed E-state index contributed by atoms with van der Waals surface area (Å²) in [5.74, 6) is 0.778. The van der Waals surface area contributed by atoms with Gasteiger partial charge < -0.3 is 26.0 Å². The lowest BCUT2D eigenvalue weighted by Gasteiger charge is -2.36. The highest BCUT2D eigenvalue weighted by molar-refractivity contribution is 7.99. The van der Waals surface area contributed by atoms with Gasteiger partial charge in [-0.15, -0.1) is 11.8 Å². The smallest absolute Gasteiger partial charge is 0.184 e. The predicted octanol–water partition coefficient (Wildman–Crippen LogP) is 4.56. The van der Waals surface area contributed by atoms with Crippen LogP contribution in [0, 0.1) is 0 Å². The van der Waals surface area contributed by atoms with Crippen LogP contribution < -0.4 is 11.5 Å². The molecule has 6 heteroatoms. The first kappa shape index (κ1) is 21.9. The number of para-hydroxylation sites is 1. The van der Waals surface area contributed by atoms with Crippen LogP contribution >= 0.6 is 11.8 Å². The first-order valence-electron chi connectivity index (χ1n) is 10.4. The van der Waals surface area contributed by atoms with Crippen LogP contribution in [-0.2, 0) is 22.6 Å². The molecule has 0 saturated carbocycles. The molecule has 0 aliphatic carbocycles. The second-order valence-corrected chi connectivity index (χ2v) is 8.71. The Hall–Kier alpha value is -2.35. The fraction of sp³-hybridized carbons (Fsp3) is 0.280. The molecule has 0 amide bonds. The third-order valence-corrected chi connectivity index (χ3v) is 6.67. The maximum absolute atomic E-state index is 9.34. The van der Waals surface area contributed by atoms with E-state index >= 15 is 0 Å². The van der Waals surface area contributed by atoms with Crippen LogP contribution in [0.25, 0.3) is 0 Å². The Labute approximate surface area is 187 Å². The summed E-state index contributed by atoms with van der Waals surface area (Å²) < 4.78 is 12.7. The number of thioether (sulfide) groups is 1. The van der Waals surface area contributed by atoms with Gasteiger partial charge in [-0.3, -0.25) is 0 Å². The number of benzene rings is 3. The maximum Gasteiger partial charge on any atom is 0.184 e. The lowest BCUT2D eigenvalue weighted by molar-refractivity contribution is -0.245. The molecule has 1 fully saturated rings. The van der Waals surface area contributed by atoms with Gasteiger partial charge in [0.05, 0.1) is 18.8 Å². The zero-order chi connectivity index (χ0) is 21.6. The highest BCUT2D eigenvalue weighted by Crippen LogP contribution is 2.39. The van der Waals surface area contributed by atoms with Crippen LogP contribution in [0.2, 0.25) is 0 Å². The Morgan fingerprint density at radius 1 is 0.871 bits per heavy atom. The zero-order valence-corrected chi connectivity index (χ0v) is 18.1. The van der Waals surface area contributed by atoms with Gasteiger partial charge in [0.25, 0.3) is 0 Å². The summed E-state index contributed by atoms with van der Waals surface area (Å²) in [6, 6.07) is 23.9. The van der Waals surface area contributed by atoms with Crippen molar-refractivity contribution in [1.82, 2.24) is 0 Å². The minimum Gasteiger partial charge on any atom is -0.398 e. The molecule has 1 aliphatic heterocycles. The van der Waals surface area contributed by atoms with Gasteiger partial charge in [-0.05, 0) is 28.8 Å².